The van der Waals surface area contributed by atoms with E-state index in [4.69, 9.17) is 23.2 Å². The summed E-state index contributed by atoms with van der Waals surface area (Å²) in [4.78, 5) is 0. The van der Waals surface area contributed by atoms with Crippen molar-refractivity contribution in [2.45, 2.75) is 20.8 Å². The Kier molecular flexibility index (Phi) is 12.0. The molecule has 0 amide bonds. The van der Waals surface area contributed by atoms with Gasteiger partial charge >= 0.3 is 0 Å². The molecule has 0 bridgehead atoms. The van der Waals surface area contributed by atoms with Gasteiger partial charge in [0.05, 0.1) is 11.2 Å². The molecule has 0 saturated heterocycles. The molecule has 4 rings (SSSR count). The highest BCUT2D eigenvalue weighted by atomic mass is 79.9. The largest absolute Gasteiger partial charge is 1.00 e. The van der Waals surface area contributed by atoms with Gasteiger partial charge in [0.1, 0.15) is 23.2 Å². The van der Waals surface area contributed by atoms with Crippen LogP contribution in [0.4, 0.5) is 5.69 Å². The maximum Gasteiger partial charge on any atom is 0.138 e. The first-order chi connectivity index (χ1) is 16.5. The first-order valence-electron chi connectivity index (χ1n) is 11.2. The average Bonchev–Trinajstić information content (AvgIpc) is 2.87. The van der Waals surface area contributed by atoms with Crippen LogP contribution in [0.3, 0.4) is 0 Å². The van der Waals surface area contributed by atoms with Crippen molar-refractivity contribution in [1.29, 1.82) is 0 Å². The molecule has 0 aromatic heterocycles. The lowest BCUT2D eigenvalue weighted by Crippen LogP contribution is -3.00. The van der Waals surface area contributed by atoms with Crippen molar-refractivity contribution in [2.75, 3.05) is 10.7 Å². The number of nitrogens with one attached hydrogen (secondary N) is 1. The summed E-state index contributed by atoms with van der Waals surface area (Å²) >= 11 is 9.53. The second-order valence-corrected chi connectivity index (χ2v) is 12.1. The first kappa shape index (κ1) is 29.1. The van der Waals surface area contributed by atoms with Crippen LogP contribution in [-0.4, -0.2) is 5.34 Å². The average molecular weight is 587 g/mol. The van der Waals surface area contributed by atoms with E-state index in [9.17, 15) is 0 Å². The SMILES string of the molecule is C/C(=C\[P+](c1ccccc1)(c1ccccc1)c1ccccc1)Nc1c(C)cccc1C.ClCCl.[Br-]. The smallest absolute Gasteiger partial charge is 0.138 e. The number of alkyl halides is 2. The fourth-order valence-corrected chi connectivity index (χ4v) is 8.11. The molecule has 1 nitrogen and oxygen atoms in total. The van der Waals surface area contributed by atoms with Crippen molar-refractivity contribution >= 4 is 52.1 Å². The van der Waals surface area contributed by atoms with E-state index >= 15 is 0 Å². The molecule has 0 atom stereocenters. The van der Waals surface area contributed by atoms with Gasteiger partial charge in [-0.2, -0.15) is 0 Å². The third-order valence-electron chi connectivity index (χ3n) is 5.68. The molecule has 0 radical (unpaired) electrons. The summed E-state index contributed by atoms with van der Waals surface area (Å²) in [6, 6.07) is 39.3. The van der Waals surface area contributed by atoms with Crippen LogP contribution >= 0.6 is 30.5 Å². The maximum atomic E-state index is 4.76. The lowest BCUT2D eigenvalue weighted by atomic mass is 10.1. The zero-order valence-electron chi connectivity index (χ0n) is 20.3. The van der Waals surface area contributed by atoms with Gasteiger partial charge in [-0.05, 0) is 68.3 Å². The molecule has 0 aliphatic rings. The molecule has 0 aliphatic carbocycles. The van der Waals surface area contributed by atoms with Crippen molar-refractivity contribution in [1.82, 2.24) is 0 Å². The van der Waals surface area contributed by atoms with E-state index in [2.05, 4.69) is 141 Å². The topological polar surface area (TPSA) is 12.0 Å². The fourth-order valence-electron chi connectivity index (χ4n) is 4.19. The van der Waals surface area contributed by atoms with Crippen molar-refractivity contribution in [2.24, 2.45) is 0 Å². The van der Waals surface area contributed by atoms with Gasteiger partial charge < -0.3 is 22.3 Å². The van der Waals surface area contributed by atoms with E-state index in [1.165, 1.54) is 38.4 Å². The molecule has 0 fully saturated rings. The van der Waals surface area contributed by atoms with Gasteiger partial charge in [-0.15, -0.1) is 23.2 Å². The number of allylic oxidation sites excluding steroid dienone is 1. The minimum Gasteiger partial charge on any atom is -1.00 e. The summed E-state index contributed by atoms with van der Waals surface area (Å²) in [5.74, 6) is 2.48. The van der Waals surface area contributed by atoms with Crippen LogP contribution in [0.5, 0.6) is 0 Å². The number of rotatable bonds is 6. The van der Waals surface area contributed by atoms with Gasteiger partial charge in [0.15, 0.2) is 0 Å². The molecule has 4 aromatic carbocycles. The Morgan fingerprint density at radius 3 is 1.34 bits per heavy atom. The Labute approximate surface area is 231 Å². The zero-order valence-corrected chi connectivity index (χ0v) is 24.3. The summed E-state index contributed by atoms with van der Waals surface area (Å²) in [6.07, 6.45) is 0. The molecule has 182 valence electrons. The Hall–Kier alpha value is -2.09. The number of halogens is 3. The normalized spacial score (nSPS) is 11.1. The third-order valence-corrected chi connectivity index (χ3v) is 9.79. The van der Waals surface area contributed by atoms with Gasteiger partial charge in [0, 0.05) is 11.4 Å². The fraction of sp³-hybridized carbons (Fsp3) is 0.133. The van der Waals surface area contributed by atoms with Crippen LogP contribution in [0.25, 0.3) is 0 Å². The molecule has 35 heavy (non-hydrogen) atoms. The van der Waals surface area contributed by atoms with Gasteiger partial charge in [-0.3, -0.25) is 0 Å². The highest BCUT2D eigenvalue weighted by Crippen LogP contribution is 2.57. The van der Waals surface area contributed by atoms with E-state index in [-0.39, 0.29) is 22.3 Å². The number of anilines is 1. The van der Waals surface area contributed by atoms with Crippen LogP contribution in [0.15, 0.2) is 121 Å². The molecule has 0 heterocycles. The molecule has 0 spiro atoms. The number of benzene rings is 4. The standard InChI is InChI=1S/C29H29NP.CH2Cl2.BrH/c1-23-14-13-15-24(2)29(23)30-25(3)22-31(26-16-7-4-8-17-26,27-18-9-5-10-19-27)28-20-11-6-12-21-28;2-1-3;/h4-22,30H,1-3H3;1H2;1H/q+1;;/p-1/b25-22+;;. The van der Waals surface area contributed by atoms with E-state index < -0.39 is 7.26 Å². The van der Waals surface area contributed by atoms with Crippen LogP contribution in [-0.2, 0) is 0 Å². The number of aryl methyl sites for hydroxylation is 2. The van der Waals surface area contributed by atoms with Crippen molar-refractivity contribution in [3.63, 3.8) is 0 Å². The highest BCUT2D eigenvalue weighted by Gasteiger charge is 2.43. The molecular formula is C30H31BrCl2NP. The molecule has 1 N–H and O–H groups in total. The Balaban J connectivity index is 0.00000103. The molecule has 0 aliphatic heterocycles. The Bertz CT molecular complexity index is 1080. The summed E-state index contributed by atoms with van der Waals surface area (Å²) in [5.41, 5.74) is 4.89. The zero-order chi connectivity index (χ0) is 24.4. The lowest BCUT2D eigenvalue weighted by molar-refractivity contribution is -0.00000672. The van der Waals surface area contributed by atoms with E-state index in [0.29, 0.717) is 0 Å². The van der Waals surface area contributed by atoms with Crippen molar-refractivity contribution in [3.05, 3.63) is 132 Å². The summed E-state index contributed by atoms with van der Waals surface area (Å²) in [5, 5.41) is 8.00. The second kappa shape index (κ2) is 14.5. The lowest BCUT2D eigenvalue weighted by Gasteiger charge is -2.25. The van der Waals surface area contributed by atoms with Gasteiger partial charge in [0.2, 0.25) is 0 Å². The molecule has 4 aromatic rings. The van der Waals surface area contributed by atoms with E-state index in [1.807, 2.05) is 0 Å². The van der Waals surface area contributed by atoms with Crippen LogP contribution < -0.4 is 38.2 Å². The van der Waals surface area contributed by atoms with E-state index in [0.717, 1.165) is 0 Å². The molecule has 5 heteroatoms. The predicted molar refractivity (Wildman–Crippen MR) is 155 cm³/mol. The second-order valence-electron chi connectivity index (χ2n) is 8.03. The Morgan fingerprint density at radius 2 is 1.00 bits per heavy atom. The third kappa shape index (κ3) is 7.21. The van der Waals surface area contributed by atoms with E-state index in [1.54, 1.807) is 0 Å². The van der Waals surface area contributed by atoms with Crippen LogP contribution in [0.1, 0.15) is 18.1 Å². The minimum atomic E-state index is -2.00. The number of hydrogen-bond acceptors (Lipinski definition) is 1. The molecule has 0 saturated carbocycles. The summed E-state index contributed by atoms with van der Waals surface area (Å²) in [6.45, 7) is 6.52. The number of para-hydroxylation sites is 1. The summed E-state index contributed by atoms with van der Waals surface area (Å²) < 4.78 is 0. The molecular weight excluding hydrogens is 556 g/mol. The monoisotopic (exact) mass is 585 g/mol. The van der Waals surface area contributed by atoms with Gasteiger partial charge in [-0.25, -0.2) is 0 Å². The quantitative estimate of drug-likeness (QED) is 0.248. The van der Waals surface area contributed by atoms with Crippen LogP contribution in [0, 0.1) is 13.8 Å². The van der Waals surface area contributed by atoms with Crippen molar-refractivity contribution in [3.8, 4) is 0 Å². The summed E-state index contributed by atoms with van der Waals surface area (Å²) in [7, 11) is -2.00. The van der Waals surface area contributed by atoms with Gasteiger partial charge in [-0.1, -0.05) is 72.8 Å². The van der Waals surface area contributed by atoms with Crippen LogP contribution in [0.2, 0.25) is 0 Å². The highest BCUT2D eigenvalue weighted by molar-refractivity contribution is 7.98. The molecule has 0 unspecified atom stereocenters. The Morgan fingerprint density at radius 1 is 0.657 bits per heavy atom. The van der Waals surface area contributed by atoms with Gasteiger partial charge in [0.25, 0.3) is 0 Å². The number of hydrogen-bond donors (Lipinski definition) is 1. The maximum absolute atomic E-state index is 4.76. The van der Waals surface area contributed by atoms with Crippen molar-refractivity contribution < 1.29 is 17.0 Å². The first-order valence-corrected chi connectivity index (χ1v) is 14.2. The predicted octanol–water partition coefficient (Wildman–Crippen LogP) is 5.00. The minimum absolute atomic E-state index is 0.